The Kier molecular flexibility index (Phi) is 7.04. The Morgan fingerprint density at radius 2 is 1.65 bits per heavy atom. The summed E-state index contributed by atoms with van der Waals surface area (Å²) in [6.45, 7) is 0. The molecule has 8 heteroatoms. The highest BCUT2D eigenvalue weighted by molar-refractivity contribution is 7.92. The van der Waals surface area contributed by atoms with Crippen molar-refractivity contribution in [1.82, 2.24) is 0 Å². The van der Waals surface area contributed by atoms with Crippen LogP contribution in [0.15, 0.2) is 88.9 Å². The first kappa shape index (κ1) is 22.0. The summed E-state index contributed by atoms with van der Waals surface area (Å²) in [5.41, 5.74) is 3.11. The fraction of sp³-hybridized carbons (Fsp3) is 0.130. The Labute approximate surface area is 181 Å². The average Bonchev–Trinajstić information content (AvgIpc) is 2.77. The molecule has 7 nitrogen and oxygen atoms in total. The van der Waals surface area contributed by atoms with Crippen LogP contribution in [0.25, 0.3) is 0 Å². The summed E-state index contributed by atoms with van der Waals surface area (Å²) in [5.74, 6) is -0.878. The third-order valence-corrected chi connectivity index (χ3v) is 5.86. The molecule has 0 bridgehead atoms. The van der Waals surface area contributed by atoms with Gasteiger partial charge in [0, 0.05) is 23.2 Å². The molecule has 3 aromatic rings. The topological polar surface area (TPSA) is 105 Å². The van der Waals surface area contributed by atoms with Gasteiger partial charge in [-0.1, -0.05) is 59.8 Å². The van der Waals surface area contributed by atoms with Gasteiger partial charge in [-0.25, -0.2) is 8.42 Å². The van der Waals surface area contributed by atoms with Crippen LogP contribution < -0.4 is 4.72 Å². The van der Waals surface area contributed by atoms with Crippen molar-refractivity contribution in [2.45, 2.75) is 17.7 Å². The molecule has 0 aliphatic heterocycles. The number of aliphatic carboxylic acids is 1. The van der Waals surface area contributed by atoms with Gasteiger partial charge < -0.3 is 9.94 Å². The fourth-order valence-corrected chi connectivity index (χ4v) is 4.08. The molecular weight excluding hydrogens is 416 g/mol. The van der Waals surface area contributed by atoms with Crippen molar-refractivity contribution >= 4 is 27.4 Å². The molecule has 0 spiro atoms. The van der Waals surface area contributed by atoms with Crippen LogP contribution in [0.2, 0.25) is 0 Å². The Hall–Kier alpha value is -3.65. The lowest BCUT2D eigenvalue weighted by atomic mass is 10.0. The molecule has 3 aromatic carbocycles. The van der Waals surface area contributed by atoms with Gasteiger partial charge in [0.1, 0.15) is 12.8 Å². The van der Waals surface area contributed by atoms with E-state index in [1.54, 1.807) is 36.4 Å². The molecule has 0 aliphatic rings. The smallest absolute Gasteiger partial charge is 0.303 e. The number of nitrogens with zero attached hydrogens (tertiary/aromatic N) is 1. The van der Waals surface area contributed by atoms with Gasteiger partial charge in [0.25, 0.3) is 10.0 Å². The minimum atomic E-state index is -3.84. The van der Waals surface area contributed by atoms with E-state index in [9.17, 15) is 13.2 Å². The second-order valence-corrected chi connectivity index (χ2v) is 8.39. The highest BCUT2D eigenvalue weighted by atomic mass is 32.2. The van der Waals surface area contributed by atoms with Crippen molar-refractivity contribution < 1.29 is 23.2 Å². The molecule has 0 atom stereocenters. The second kappa shape index (κ2) is 9.90. The Bertz CT molecular complexity index is 1170. The average molecular weight is 439 g/mol. The Morgan fingerprint density at radius 3 is 2.29 bits per heavy atom. The van der Waals surface area contributed by atoms with Gasteiger partial charge in [-0.05, 0) is 36.2 Å². The van der Waals surface area contributed by atoms with E-state index in [-0.39, 0.29) is 11.3 Å². The molecule has 0 saturated heterocycles. The zero-order chi connectivity index (χ0) is 22.3. The first-order valence-corrected chi connectivity index (χ1v) is 11.0. The molecule has 0 saturated carbocycles. The number of carboxylic acid groups (broad SMARTS) is 1. The summed E-state index contributed by atoms with van der Waals surface area (Å²) < 4.78 is 28.4. The maximum absolute atomic E-state index is 12.9. The summed E-state index contributed by atoms with van der Waals surface area (Å²) in [6, 6.07) is 22.4. The zero-order valence-corrected chi connectivity index (χ0v) is 17.7. The van der Waals surface area contributed by atoms with E-state index >= 15 is 0 Å². The summed E-state index contributed by atoms with van der Waals surface area (Å²) in [6.07, 6.45) is 0.399. The second-order valence-electron chi connectivity index (χ2n) is 6.71. The molecule has 0 radical (unpaired) electrons. The van der Waals surface area contributed by atoms with Crippen molar-refractivity contribution in [2.75, 3.05) is 11.8 Å². The highest BCUT2D eigenvalue weighted by Crippen LogP contribution is 2.20. The van der Waals surface area contributed by atoms with E-state index < -0.39 is 16.0 Å². The fourth-order valence-electron chi connectivity index (χ4n) is 2.97. The Balaban J connectivity index is 1.84. The molecule has 0 aliphatic carbocycles. The van der Waals surface area contributed by atoms with Crippen LogP contribution in [0, 0.1) is 0 Å². The predicted octanol–water partition coefficient (Wildman–Crippen LogP) is 3.90. The monoisotopic (exact) mass is 438 g/mol. The lowest BCUT2D eigenvalue weighted by Crippen LogP contribution is -2.14. The number of benzene rings is 3. The van der Waals surface area contributed by atoms with Gasteiger partial charge in [0.2, 0.25) is 0 Å². The maximum Gasteiger partial charge on any atom is 0.303 e. The number of sulfonamides is 1. The van der Waals surface area contributed by atoms with Gasteiger partial charge >= 0.3 is 5.97 Å². The normalized spacial score (nSPS) is 11.7. The van der Waals surface area contributed by atoms with Crippen LogP contribution >= 0.6 is 0 Å². The van der Waals surface area contributed by atoms with Crippen LogP contribution in [0.1, 0.15) is 23.1 Å². The maximum atomic E-state index is 12.9. The van der Waals surface area contributed by atoms with E-state index in [4.69, 9.17) is 9.94 Å². The molecule has 31 heavy (non-hydrogen) atoms. The van der Waals surface area contributed by atoms with Crippen LogP contribution in [-0.4, -0.2) is 32.3 Å². The molecule has 3 rings (SSSR count). The summed E-state index contributed by atoms with van der Waals surface area (Å²) in [7, 11) is -2.41. The molecule has 160 valence electrons. The van der Waals surface area contributed by atoms with Gasteiger partial charge in [-0.15, -0.1) is 0 Å². The minimum Gasteiger partial charge on any atom is -0.481 e. The molecule has 0 aromatic heterocycles. The number of rotatable bonds is 9. The van der Waals surface area contributed by atoms with Crippen molar-refractivity contribution in [3.8, 4) is 0 Å². The Morgan fingerprint density at radius 1 is 0.968 bits per heavy atom. The molecule has 0 unspecified atom stereocenters. The third kappa shape index (κ3) is 5.93. The van der Waals surface area contributed by atoms with E-state index in [1.165, 1.54) is 19.2 Å². The largest absolute Gasteiger partial charge is 0.481 e. The SMILES string of the molecule is CON=C(c1ccccc1)c1cccc(S(=O)(=O)Nc2ccc(CCC(=O)O)cc2)c1. The molecule has 0 fully saturated rings. The third-order valence-electron chi connectivity index (χ3n) is 4.48. The first-order chi connectivity index (χ1) is 14.9. The summed E-state index contributed by atoms with van der Waals surface area (Å²) in [4.78, 5) is 15.7. The predicted molar refractivity (Wildman–Crippen MR) is 119 cm³/mol. The van der Waals surface area contributed by atoms with Crippen molar-refractivity contribution in [3.05, 3.63) is 95.6 Å². The number of carboxylic acids is 1. The van der Waals surface area contributed by atoms with Crippen LogP contribution in [-0.2, 0) is 26.1 Å². The van der Waals surface area contributed by atoms with Crippen LogP contribution in [0.5, 0.6) is 0 Å². The number of hydrogen-bond donors (Lipinski definition) is 2. The lowest BCUT2D eigenvalue weighted by molar-refractivity contribution is -0.136. The quantitative estimate of drug-likeness (QED) is 0.389. The van der Waals surface area contributed by atoms with Crippen molar-refractivity contribution in [2.24, 2.45) is 5.16 Å². The summed E-state index contributed by atoms with van der Waals surface area (Å²) in [5, 5.41) is 12.8. The molecule has 0 heterocycles. The van der Waals surface area contributed by atoms with Gasteiger partial charge in [0.05, 0.1) is 4.90 Å². The van der Waals surface area contributed by atoms with Crippen molar-refractivity contribution in [3.63, 3.8) is 0 Å². The highest BCUT2D eigenvalue weighted by Gasteiger charge is 2.17. The van der Waals surface area contributed by atoms with E-state index in [2.05, 4.69) is 9.88 Å². The molecular formula is C23H22N2O5S. The molecule has 2 N–H and O–H groups in total. The number of anilines is 1. The lowest BCUT2D eigenvalue weighted by Gasteiger charge is -2.11. The van der Waals surface area contributed by atoms with Crippen molar-refractivity contribution in [1.29, 1.82) is 0 Å². The minimum absolute atomic E-state index is 0.0185. The number of carbonyl (C=O) groups is 1. The standard InChI is InChI=1S/C23H22N2O5S/c1-30-24-23(18-6-3-2-4-7-18)19-8-5-9-21(16-19)31(28,29)25-20-13-10-17(11-14-20)12-15-22(26)27/h2-11,13-14,16,25H,12,15H2,1H3,(H,26,27). The number of hydrogen-bond acceptors (Lipinski definition) is 5. The van der Waals surface area contributed by atoms with E-state index in [1.807, 2.05) is 30.3 Å². The zero-order valence-electron chi connectivity index (χ0n) is 16.9. The van der Waals surface area contributed by atoms with Crippen LogP contribution in [0.4, 0.5) is 5.69 Å². The number of oxime groups is 1. The van der Waals surface area contributed by atoms with E-state index in [0.29, 0.717) is 23.4 Å². The summed E-state index contributed by atoms with van der Waals surface area (Å²) >= 11 is 0. The molecule has 0 amide bonds. The number of aryl methyl sites for hydroxylation is 1. The van der Waals surface area contributed by atoms with Gasteiger partial charge in [-0.3, -0.25) is 9.52 Å². The first-order valence-electron chi connectivity index (χ1n) is 9.49. The van der Waals surface area contributed by atoms with Crippen LogP contribution in [0.3, 0.4) is 0 Å². The van der Waals surface area contributed by atoms with E-state index in [0.717, 1.165) is 11.1 Å². The number of nitrogens with one attached hydrogen (secondary N) is 1. The van der Waals surface area contributed by atoms with Gasteiger partial charge in [0.15, 0.2) is 0 Å². The van der Waals surface area contributed by atoms with Gasteiger partial charge in [-0.2, -0.15) is 0 Å².